The lowest BCUT2D eigenvalue weighted by Crippen LogP contribution is -2.61. The SMILES string of the molecule is CC1(C)CC(CN)(N2CCCOCC2)CCO1. The van der Waals surface area contributed by atoms with E-state index < -0.39 is 0 Å². The van der Waals surface area contributed by atoms with E-state index in [-0.39, 0.29) is 11.1 Å². The summed E-state index contributed by atoms with van der Waals surface area (Å²) in [5.41, 5.74) is 6.17. The van der Waals surface area contributed by atoms with Crippen LogP contribution in [0.25, 0.3) is 0 Å². The molecule has 2 aliphatic heterocycles. The van der Waals surface area contributed by atoms with Gasteiger partial charge in [-0.25, -0.2) is 0 Å². The minimum absolute atomic E-state index is 0.0508. The quantitative estimate of drug-likeness (QED) is 0.784. The normalized spacial score (nSPS) is 35.5. The first-order valence-electron chi connectivity index (χ1n) is 6.75. The van der Waals surface area contributed by atoms with Gasteiger partial charge in [0.2, 0.25) is 0 Å². The summed E-state index contributed by atoms with van der Waals surface area (Å²) in [7, 11) is 0. The van der Waals surface area contributed by atoms with Crippen molar-refractivity contribution in [2.75, 3.05) is 39.5 Å². The Morgan fingerprint density at radius 2 is 2.00 bits per heavy atom. The molecule has 0 aromatic carbocycles. The number of nitrogens with two attached hydrogens (primary N) is 1. The van der Waals surface area contributed by atoms with E-state index in [2.05, 4.69) is 18.7 Å². The van der Waals surface area contributed by atoms with Crippen LogP contribution in [0, 0.1) is 0 Å². The molecule has 0 radical (unpaired) electrons. The minimum atomic E-state index is -0.0508. The van der Waals surface area contributed by atoms with Crippen molar-refractivity contribution in [1.29, 1.82) is 0 Å². The lowest BCUT2D eigenvalue weighted by molar-refractivity contribution is -0.118. The van der Waals surface area contributed by atoms with Gasteiger partial charge in [-0.2, -0.15) is 0 Å². The number of hydrogen-bond acceptors (Lipinski definition) is 4. The molecule has 2 aliphatic rings. The highest BCUT2D eigenvalue weighted by molar-refractivity contribution is 4.99. The summed E-state index contributed by atoms with van der Waals surface area (Å²) in [6.07, 6.45) is 3.19. The highest BCUT2D eigenvalue weighted by Gasteiger charge is 2.43. The summed E-state index contributed by atoms with van der Waals surface area (Å²) < 4.78 is 11.4. The average molecular weight is 242 g/mol. The molecule has 1 atom stereocenters. The first-order chi connectivity index (χ1) is 8.08. The Morgan fingerprint density at radius 3 is 2.71 bits per heavy atom. The smallest absolute Gasteiger partial charge is 0.0644 e. The number of nitrogens with zero attached hydrogens (tertiary/aromatic N) is 1. The summed E-state index contributed by atoms with van der Waals surface area (Å²) in [5, 5.41) is 0. The zero-order chi connectivity index (χ0) is 12.4. The van der Waals surface area contributed by atoms with E-state index in [4.69, 9.17) is 15.2 Å². The minimum Gasteiger partial charge on any atom is -0.380 e. The van der Waals surface area contributed by atoms with E-state index in [1.54, 1.807) is 0 Å². The fourth-order valence-electron chi connectivity index (χ4n) is 3.24. The van der Waals surface area contributed by atoms with Crippen LogP contribution in [0.5, 0.6) is 0 Å². The molecule has 2 heterocycles. The molecule has 0 aromatic heterocycles. The van der Waals surface area contributed by atoms with Crippen molar-refractivity contribution < 1.29 is 9.47 Å². The van der Waals surface area contributed by atoms with Gasteiger partial charge in [0.15, 0.2) is 0 Å². The Morgan fingerprint density at radius 1 is 1.18 bits per heavy atom. The summed E-state index contributed by atoms with van der Waals surface area (Å²) in [6, 6.07) is 0. The molecular weight excluding hydrogens is 216 g/mol. The van der Waals surface area contributed by atoms with E-state index in [1.807, 2.05) is 0 Å². The number of ether oxygens (including phenoxy) is 2. The molecule has 0 aromatic rings. The monoisotopic (exact) mass is 242 g/mol. The lowest BCUT2D eigenvalue weighted by atomic mass is 9.79. The molecule has 2 N–H and O–H groups in total. The van der Waals surface area contributed by atoms with Gasteiger partial charge in [-0.1, -0.05) is 0 Å². The summed E-state index contributed by atoms with van der Waals surface area (Å²) in [4.78, 5) is 2.55. The van der Waals surface area contributed by atoms with Crippen molar-refractivity contribution in [2.45, 2.75) is 44.2 Å². The molecule has 0 amide bonds. The largest absolute Gasteiger partial charge is 0.380 e. The molecule has 100 valence electrons. The van der Waals surface area contributed by atoms with Crippen LogP contribution in [0.3, 0.4) is 0 Å². The lowest BCUT2D eigenvalue weighted by Gasteiger charge is -2.50. The Kier molecular flexibility index (Phi) is 4.08. The van der Waals surface area contributed by atoms with Crippen LogP contribution < -0.4 is 5.73 Å². The molecule has 4 heteroatoms. The molecule has 2 saturated heterocycles. The third-order valence-corrected chi connectivity index (χ3v) is 4.09. The van der Waals surface area contributed by atoms with Crippen LogP contribution in [-0.4, -0.2) is 55.5 Å². The maximum atomic E-state index is 6.10. The molecule has 17 heavy (non-hydrogen) atoms. The Balaban J connectivity index is 2.11. The molecule has 0 spiro atoms. The number of hydrogen-bond donors (Lipinski definition) is 1. The molecule has 2 rings (SSSR count). The van der Waals surface area contributed by atoms with E-state index in [9.17, 15) is 0 Å². The van der Waals surface area contributed by atoms with Gasteiger partial charge in [0.25, 0.3) is 0 Å². The third kappa shape index (κ3) is 2.99. The zero-order valence-corrected chi connectivity index (χ0v) is 11.2. The standard InChI is InChI=1S/C13H26N2O2/c1-12(2)10-13(11-14,4-8-17-12)15-5-3-7-16-9-6-15/h3-11,14H2,1-2H3. The van der Waals surface area contributed by atoms with Gasteiger partial charge >= 0.3 is 0 Å². The molecule has 0 aliphatic carbocycles. The zero-order valence-electron chi connectivity index (χ0n) is 11.2. The highest BCUT2D eigenvalue weighted by atomic mass is 16.5. The second-order valence-corrected chi connectivity index (χ2v) is 5.92. The van der Waals surface area contributed by atoms with Gasteiger partial charge in [0, 0.05) is 38.4 Å². The second kappa shape index (κ2) is 5.22. The van der Waals surface area contributed by atoms with E-state index in [0.717, 1.165) is 58.7 Å². The van der Waals surface area contributed by atoms with Crippen molar-refractivity contribution in [2.24, 2.45) is 5.73 Å². The van der Waals surface area contributed by atoms with E-state index in [1.165, 1.54) is 0 Å². The predicted molar refractivity (Wildman–Crippen MR) is 68.1 cm³/mol. The van der Waals surface area contributed by atoms with Gasteiger partial charge in [-0.05, 0) is 33.1 Å². The Hall–Kier alpha value is -0.160. The molecule has 1 unspecified atom stereocenters. The van der Waals surface area contributed by atoms with Gasteiger partial charge in [-0.3, -0.25) is 4.90 Å². The van der Waals surface area contributed by atoms with Crippen molar-refractivity contribution in [3.8, 4) is 0 Å². The number of rotatable bonds is 2. The molecule has 4 nitrogen and oxygen atoms in total. The molecular formula is C13H26N2O2. The fourth-order valence-corrected chi connectivity index (χ4v) is 3.24. The van der Waals surface area contributed by atoms with Crippen LogP contribution in [0.2, 0.25) is 0 Å². The maximum absolute atomic E-state index is 6.10. The van der Waals surface area contributed by atoms with Gasteiger partial charge in [-0.15, -0.1) is 0 Å². The van der Waals surface area contributed by atoms with Crippen molar-refractivity contribution in [1.82, 2.24) is 4.90 Å². The topological polar surface area (TPSA) is 47.7 Å². The van der Waals surface area contributed by atoms with Gasteiger partial charge in [0.05, 0.1) is 12.2 Å². The molecule has 2 fully saturated rings. The van der Waals surface area contributed by atoms with Crippen molar-refractivity contribution in [3.05, 3.63) is 0 Å². The summed E-state index contributed by atoms with van der Waals surface area (Å²) in [6.45, 7) is 9.72. The summed E-state index contributed by atoms with van der Waals surface area (Å²) in [5.74, 6) is 0. The second-order valence-electron chi connectivity index (χ2n) is 5.92. The maximum Gasteiger partial charge on any atom is 0.0644 e. The predicted octanol–water partition coefficient (Wildman–Crippen LogP) is 0.995. The van der Waals surface area contributed by atoms with Crippen LogP contribution in [0.4, 0.5) is 0 Å². The van der Waals surface area contributed by atoms with Crippen molar-refractivity contribution >= 4 is 0 Å². The van der Waals surface area contributed by atoms with E-state index in [0.29, 0.717) is 0 Å². The fraction of sp³-hybridized carbons (Fsp3) is 1.00. The molecule has 0 bridgehead atoms. The Labute approximate surface area is 104 Å². The van der Waals surface area contributed by atoms with Crippen LogP contribution in [-0.2, 0) is 9.47 Å². The third-order valence-electron chi connectivity index (χ3n) is 4.09. The Bertz CT molecular complexity index is 250. The van der Waals surface area contributed by atoms with Gasteiger partial charge in [0.1, 0.15) is 0 Å². The van der Waals surface area contributed by atoms with E-state index >= 15 is 0 Å². The van der Waals surface area contributed by atoms with Gasteiger partial charge < -0.3 is 15.2 Å². The first-order valence-corrected chi connectivity index (χ1v) is 6.75. The summed E-state index contributed by atoms with van der Waals surface area (Å²) >= 11 is 0. The molecule has 0 saturated carbocycles. The average Bonchev–Trinajstić information content (AvgIpc) is 2.56. The van der Waals surface area contributed by atoms with Crippen LogP contribution >= 0.6 is 0 Å². The van der Waals surface area contributed by atoms with Crippen LogP contribution in [0.15, 0.2) is 0 Å². The first kappa shape index (κ1) is 13.3. The highest BCUT2D eigenvalue weighted by Crippen LogP contribution is 2.36. The van der Waals surface area contributed by atoms with Crippen molar-refractivity contribution in [3.63, 3.8) is 0 Å². The van der Waals surface area contributed by atoms with Crippen LogP contribution in [0.1, 0.15) is 33.1 Å².